The summed E-state index contributed by atoms with van der Waals surface area (Å²) in [5.74, 6) is 0.966. The van der Waals surface area contributed by atoms with Crippen LogP contribution in [0.15, 0.2) is 96.1 Å². The molecular weight excluding hydrogens is 611 g/mol. The average Bonchev–Trinajstić information content (AvgIpc) is 3.68. The molecule has 3 atom stereocenters. The number of imidazole rings is 1. The zero-order valence-electron chi connectivity index (χ0n) is 27.6. The number of aromatic amines is 1. The lowest BCUT2D eigenvalue weighted by Crippen LogP contribution is -2.46. The second-order valence-corrected chi connectivity index (χ2v) is 18.2. The molecule has 3 heterocycles. The molecule has 47 heavy (non-hydrogen) atoms. The van der Waals surface area contributed by atoms with Gasteiger partial charge in [-0.3, -0.25) is 14.3 Å². The molecule has 1 fully saturated rings. The van der Waals surface area contributed by atoms with E-state index in [9.17, 15) is 9.59 Å². The lowest BCUT2D eigenvalue weighted by Gasteiger charge is -2.38. The molecule has 0 spiro atoms. The maximum absolute atomic E-state index is 13.5. The Morgan fingerprint density at radius 3 is 2.11 bits per heavy atom. The highest BCUT2D eigenvalue weighted by Crippen LogP contribution is 2.42. The molecule has 2 aromatic heterocycles. The van der Waals surface area contributed by atoms with Gasteiger partial charge in [0.1, 0.15) is 23.6 Å². The number of nitrogens with zero attached hydrogens (tertiary/aromatic N) is 3. The van der Waals surface area contributed by atoms with Crippen molar-refractivity contribution in [1.82, 2.24) is 19.5 Å². The number of rotatable bonds is 10. The Balaban J connectivity index is 1.45. The van der Waals surface area contributed by atoms with E-state index in [-0.39, 0.29) is 16.5 Å². The highest BCUT2D eigenvalue weighted by Gasteiger charge is 2.45. The van der Waals surface area contributed by atoms with Gasteiger partial charge in [0.2, 0.25) is 5.95 Å². The van der Waals surface area contributed by atoms with Gasteiger partial charge in [-0.05, 0) is 47.0 Å². The molecule has 11 heteroatoms. The second kappa shape index (κ2) is 12.6. The number of fused-ring (bicyclic) bond motifs is 1. The van der Waals surface area contributed by atoms with Crippen molar-refractivity contribution >= 4 is 31.7 Å². The smallest absolute Gasteiger partial charge is 0.280 e. The van der Waals surface area contributed by atoms with Crippen LogP contribution in [0.4, 0.5) is 5.95 Å². The SMILES string of the molecule is COc1ccc(C(Nc2nc3c(ncn3[C@H]3C[C@H](O[Si](C)(C)C(C)(C)C)[C@@H](C=O)O3)c(=O)[nH]2)(c2ccccc2)c2ccccc2)cc1. The summed E-state index contributed by atoms with van der Waals surface area (Å²) in [6.07, 6.45) is 1.000. The maximum atomic E-state index is 13.5. The molecule has 0 unspecified atom stereocenters. The summed E-state index contributed by atoms with van der Waals surface area (Å²) >= 11 is 0. The quantitative estimate of drug-likeness (QED) is 0.101. The van der Waals surface area contributed by atoms with Gasteiger partial charge in [-0.15, -0.1) is 0 Å². The number of H-pyrrole nitrogens is 1. The van der Waals surface area contributed by atoms with Crippen LogP contribution in [0.25, 0.3) is 11.2 Å². The van der Waals surface area contributed by atoms with Crippen molar-refractivity contribution < 1.29 is 18.7 Å². The van der Waals surface area contributed by atoms with Gasteiger partial charge in [0.05, 0.1) is 19.5 Å². The first-order chi connectivity index (χ1) is 22.5. The fourth-order valence-electron chi connectivity index (χ4n) is 5.93. The zero-order valence-corrected chi connectivity index (χ0v) is 28.6. The van der Waals surface area contributed by atoms with Crippen LogP contribution >= 0.6 is 0 Å². The van der Waals surface area contributed by atoms with Gasteiger partial charge in [-0.2, -0.15) is 4.98 Å². The Labute approximate surface area is 275 Å². The third kappa shape index (κ3) is 6.02. The van der Waals surface area contributed by atoms with Crippen molar-refractivity contribution in [2.75, 3.05) is 12.4 Å². The monoisotopic (exact) mass is 651 g/mol. The minimum absolute atomic E-state index is 0.0382. The summed E-state index contributed by atoms with van der Waals surface area (Å²) in [5, 5.41) is 3.59. The van der Waals surface area contributed by atoms with Gasteiger partial charge in [-0.1, -0.05) is 93.6 Å². The van der Waals surface area contributed by atoms with Gasteiger partial charge < -0.3 is 24.0 Å². The number of carbonyl (C=O) groups excluding carboxylic acids is 1. The number of anilines is 1. The highest BCUT2D eigenvalue weighted by atomic mass is 28.4. The predicted molar refractivity (Wildman–Crippen MR) is 184 cm³/mol. The number of aldehydes is 1. The van der Waals surface area contributed by atoms with Crippen molar-refractivity contribution in [1.29, 1.82) is 0 Å². The first kappa shape index (κ1) is 32.4. The molecular formula is C36H41N5O5Si. The number of carbonyl (C=O) groups is 1. The van der Waals surface area contributed by atoms with E-state index in [4.69, 9.17) is 18.9 Å². The van der Waals surface area contributed by atoms with Crippen molar-refractivity contribution in [3.05, 3.63) is 118 Å². The van der Waals surface area contributed by atoms with Gasteiger partial charge in [0.15, 0.2) is 25.8 Å². The van der Waals surface area contributed by atoms with E-state index in [1.807, 2.05) is 84.9 Å². The Kier molecular flexibility index (Phi) is 8.64. The number of aromatic nitrogens is 4. The summed E-state index contributed by atoms with van der Waals surface area (Å²) in [6, 6.07) is 27.9. The number of hydrogen-bond donors (Lipinski definition) is 2. The van der Waals surface area contributed by atoms with Crippen LogP contribution in [0.1, 0.15) is 50.1 Å². The topological polar surface area (TPSA) is 120 Å². The van der Waals surface area contributed by atoms with E-state index in [0.717, 1.165) is 28.7 Å². The Bertz CT molecular complexity index is 1860. The Morgan fingerprint density at radius 1 is 0.957 bits per heavy atom. The molecule has 0 aliphatic carbocycles. The third-order valence-electron chi connectivity index (χ3n) is 9.49. The summed E-state index contributed by atoms with van der Waals surface area (Å²) in [7, 11) is -0.562. The molecule has 0 bridgehead atoms. The number of hydrogen-bond acceptors (Lipinski definition) is 8. The summed E-state index contributed by atoms with van der Waals surface area (Å²) in [6.45, 7) is 10.8. The fraction of sp³-hybridized carbons (Fsp3) is 0.333. The molecule has 1 aliphatic rings. The van der Waals surface area contributed by atoms with Crippen molar-refractivity contribution in [3.63, 3.8) is 0 Å². The van der Waals surface area contributed by atoms with E-state index >= 15 is 0 Å². The summed E-state index contributed by atoms with van der Waals surface area (Å²) in [4.78, 5) is 37.9. The average molecular weight is 652 g/mol. The highest BCUT2D eigenvalue weighted by molar-refractivity contribution is 6.74. The molecule has 0 amide bonds. The van der Waals surface area contributed by atoms with Gasteiger partial charge in [0, 0.05) is 6.42 Å². The predicted octanol–water partition coefficient (Wildman–Crippen LogP) is 6.41. The third-order valence-corrected chi connectivity index (χ3v) is 14.0. The van der Waals surface area contributed by atoms with Gasteiger partial charge in [-0.25, -0.2) is 4.98 Å². The van der Waals surface area contributed by atoms with Crippen LogP contribution < -0.4 is 15.6 Å². The van der Waals surface area contributed by atoms with Crippen LogP contribution in [0.3, 0.4) is 0 Å². The Hall–Kier alpha value is -4.58. The molecule has 2 N–H and O–H groups in total. The van der Waals surface area contributed by atoms with Crippen molar-refractivity contribution in [2.24, 2.45) is 0 Å². The van der Waals surface area contributed by atoms with Crippen LogP contribution in [0.5, 0.6) is 5.75 Å². The molecule has 0 radical (unpaired) electrons. The van der Waals surface area contributed by atoms with Crippen LogP contribution in [-0.4, -0.2) is 53.4 Å². The first-order valence-electron chi connectivity index (χ1n) is 15.8. The van der Waals surface area contributed by atoms with Crippen LogP contribution in [0, 0.1) is 0 Å². The van der Waals surface area contributed by atoms with Gasteiger partial charge in [0.25, 0.3) is 5.56 Å². The molecule has 1 saturated heterocycles. The first-order valence-corrected chi connectivity index (χ1v) is 18.7. The summed E-state index contributed by atoms with van der Waals surface area (Å²) in [5.41, 5.74) is 1.93. The number of nitrogens with one attached hydrogen (secondary N) is 2. The standard InChI is InChI=1S/C36H41N5O5Si/c1-35(2,3)47(5,6)46-28-21-30(45-29(28)22-42)41-23-37-31-32(41)38-34(39-33(31)43)40-36(24-13-9-7-10-14-24,25-15-11-8-12-16-25)26-17-19-27(44-4)20-18-26/h7-20,22-23,28-30H,21H2,1-6H3,(H2,38,39,40,43)/t28-,29+,30+/m0/s1. The minimum atomic E-state index is -2.20. The zero-order chi connectivity index (χ0) is 33.4. The normalized spacial score (nSPS) is 18.7. The molecule has 5 aromatic rings. The molecule has 244 valence electrons. The number of methoxy groups -OCH3 is 1. The lowest BCUT2D eigenvalue weighted by molar-refractivity contribution is -0.122. The molecule has 6 rings (SSSR count). The second-order valence-electron chi connectivity index (χ2n) is 13.4. The number of benzene rings is 3. The van der Waals surface area contributed by atoms with Crippen molar-refractivity contribution in [2.45, 2.75) is 69.3 Å². The van der Waals surface area contributed by atoms with Crippen LogP contribution in [0.2, 0.25) is 18.1 Å². The lowest BCUT2D eigenvalue weighted by atomic mass is 9.77. The van der Waals surface area contributed by atoms with Gasteiger partial charge >= 0.3 is 0 Å². The molecule has 0 saturated carbocycles. The van der Waals surface area contributed by atoms with E-state index < -0.39 is 37.9 Å². The molecule has 3 aromatic carbocycles. The van der Waals surface area contributed by atoms with E-state index in [1.165, 1.54) is 0 Å². The van der Waals surface area contributed by atoms with E-state index in [1.54, 1.807) is 18.0 Å². The van der Waals surface area contributed by atoms with E-state index in [0.29, 0.717) is 12.1 Å². The minimum Gasteiger partial charge on any atom is -0.497 e. The molecule has 10 nitrogen and oxygen atoms in total. The Morgan fingerprint density at radius 2 is 1.55 bits per heavy atom. The van der Waals surface area contributed by atoms with Crippen molar-refractivity contribution in [3.8, 4) is 5.75 Å². The van der Waals surface area contributed by atoms with Crippen LogP contribution in [-0.2, 0) is 19.5 Å². The number of ether oxygens (including phenoxy) is 2. The summed E-state index contributed by atoms with van der Waals surface area (Å²) < 4.78 is 20.0. The molecule has 1 aliphatic heterocycles. The largest absolute Gasteiger partial charge is 0.497 e. The maximum Gasteiger partial charge on any atom is 0.280 e. The fourth-order valence-corrected chi connectivity index (χ4v) is 7.27. The van der Waals surface area contributed by atoms with E-state index in [2.05, 4.69) is 49.1 Å².